The minimum Gasteiger partial charge on any atom is -0.366 e. The molecule has 0 unspecified atom stereocenters. The lowest BCUT2D eigenvalue weighted by Crippen LogP contribution is -2.29. The lowest BCUT2D eigenvalue weighted by molar-refractivity contribution is 0.0779. The standard InChI is InChI=1S/C11H12BrN3O2/c1-15(7-2-3-7)11(17)8-4-6(10(13)16)5-9(12)14-8/h4-5,7H,2-3H2,1H3,(H2,13,16). The molecule has 1 aromatic rings. The fourth-order valence-electron chi connectivity index (χ4n) is 1.56. The van der Waals surface area contributed by atoms with Crippen molar-refractivity contribution >= 4 is 27.7 Å². The first kappa shape index (κ1) is 12.0. The van der Waals surface area contributed by atoms with E-state index < -0.39 is 5.91 Å². The summed E-state index contributed by atoms with van der Waals surface area (Å²) in [5, 5.41) is 0. The fraction of sp³-hybridized carbons (Fsp3) is 0.364. The molecule has 1 fully saturated rings. The Morgan fingerprint density at radius 3 is 2.65 bits per heavy atom. The van der Waals surface area contributed by atoms with E-state index in [4.69, 9.17) is 5.73 Å². The van der Waals surface area contributed by atoms with Crippen molar-refractivity contribution in [3.63, 3.8) is 0 Å². The molecule has 1 aliphatic carbocycles. The number of carbonyl (C=O) groups is 2. The van der Waals surface area contributed by atoms with E-state index in [1.54, 1.807) is 11.9 Å². The van der Waals surface area contributed by atoms with Crippen LogP contribution in [0.3, 0.4) is 0 Å². The first-order valence-electron chi connectivity index (χ1n) is 5.23. The second-order valence-electron chi connectivity index (χ2n) is 4.08. The van der Waals surface area contributed by atoms with E-state index in [0.29, 0.717) is 10.6 Å². The summed E-state index contributed by atoms with van der Waals surface area (Å²) in [5.41, 5.74) is 5.70. The van der Waals surface area contributed by atoms with Gasteiger partial charge < -0.3 is 10.6 Å². The van der Waals surface area contributed by atoms with Crippen LogP contribution in [0.2, 0.25) is 0 Å². The van der Waals surface area contributed by atoms with Gasteiger partial charge in [-0.25, -0.2) is 4.98 Å². The van der Waals surface area contributed by atoms with Crippen LogP contribution >= 0.6 is 15.9 Å². The molecule has 0 bridgehead atoms. The molecule has 1 heterocycles. The molecule has 0 aromatic carbocycles. The predicted molar refractivity (Wildman–Crippen MR) is 65.6 cm³/mol. The molecule has 1 saturated carbocycles. The van der Waals surface area contributed by atoms with Crippen molar-refractivity contribution in [3.8, 4) is 0 Å². The first-order valence-corrected chi connectivity index (χ1v) is 6.03. The molecule has 0 saturated heterocycles. The predicted octanol–water partition coefficient (Wildman–Crippen LogP) is 1.18. The maximum atomic E-state index is 12.0. The zero-order valence-corrected chi connectivity index (χ0v) is 10.9. The minimum atomic E-state index is -0.573. The van der Waals surface area contributed by atoms with E-state index in [0.717, 1.165) is 12.8 Å². The topological polar surface area (TPSA) is 76.3 Å². The molecule has 1 aliphatic rings. The van der Waals surface area contributed by atoms with Gasteiger partial charge in [-0.15, -0.1) is 0 Å². The summed E-state index contributed by atoms with van der Waals surface area (Å²) < 4.78 is 0.432. The third kappa shape index (κ3) is 2.63. The van der Waals surface area contributed by atoms with Gasteiger partial charge in [-0.1, -0.05) is 0 Å². The second-order valence-corrected chi connectivity index (χ2v) is 4.89. The third-order valence-electron chi connectivity index (χ3n) is 2.71. The van der Waals surface area contributed by atoms with Crippen LogP contribution < -0.4 is 5.73 Å². The normalized spacial score (nSPS) is 14.5. The number of carbonyl (C=O) groups excluding carboxylic acids is 2. The average Bonchev–Trinajstić information content (AvgIpc) is 3.10. The zero-order valence-electron chi connectivity index (χ0n) is 9.31. The largest absolute Gasteiger partial charge is 0.366 e. The number of nitrogens with zero attached hydrogens (tertiary/aromatic N) is 2. The lowest BCUT2D eigenvalue weighted by atomic mass is 10.2. The Morgan fingerprint density at radius 2 is 2.12 bits per heavy atom. The monoisotopic (exact) mass is 297 g/mol. The number of halogens is 1. The number of hydrogen-bond acceptors (Lipinski definition) is 3. The quantitative estimate of drug-likeness (QED) is 0.851. The van der Waals surface area contributed by atoms with Crippen LogP contribution in [0.5, 0.6) is 0 Å². The molecule has 17 heavy (non-hydrogen) atoms. The van der Waals surface area contributed by atoms with Crippen molar-refractivity contribution in [1.29, 1.82) is 0 Å². The van der Waals surface area contributed by atoms with E-state index in [-0.39, 0.29) is 17.2 Å². The second kappa shape index (κ2) is 4.44. The third-order valence-corrected chi connectivity index (χ3v) is 3.12. The number of hydrogen-bond donors (Lipinski definition) is 1. The summed E-state index contributed by atoms with van der Waals surface area (Å²) >= 11 is 3.16. The van der Waals surface area contributed by atoms with Crippen LogP contribution in [0.1, 0.15) is 33.7 Å². The van der Waals surface area contributed by atoms with Crippen molar-refractivity contribution in [3.05, 3.63) is 28.0 Å². The molecule has 1 aromatic heterocycles. The summed E-state index contributed by atoms with van der Waals surface area (Å²) in [5.74, 6) is -0.757. The van der Waals surface area contributed by atoms with Gasteiger partial charge in [0.15, 0.2) is 0 Å². The van der Waals surface area contributed by atoms with E-state index in [9.17, 15) is 9.59 Å². The molecule has 90 valence electrons. The van der Waals surface area contributed by atoms with Gasteiger partial charge in [0, 0.05) is 18.7 Å². The molecular weight excluding hydrogens is 286 g/mol. The van der Waals surface area contributed by atoms with Crippen molar-refractivity contribution in [2.75, 3.05) is 7.05 Å². The Kier molecular flexibility index (Phi) is 3.15. The Hall–Kier alpha value is -1.43. The smallest absolute Gasteiger partial charge is 0.272 e. The summed E-state index contributed by atoms with van der Waals surface area (Å²) in [6.45, 7) is 0. The molecule has 6 heteroatoms. The van der Waals surface area contributed by atoms with Crippen LogP contribution in [0.4, 0.5) is 0 Å². The molecule has 0 aliphatic heterocycles. The Labute approximate surface area is 107 Å². The molecule has 0 radical (unpaired) electrons. The zero-order chi connectivity index (χ0) is 12.6. The summed E-state index contributed by atoms with van der Waals surface area (Å²) in [7, 11) is 1.74. The van der Waals surface area contributed by atoms with Gasteiger partial charge in [-0.05, 0) is 40.9 Å². The Bertz CT molecular complexity index is 486. The minimum absolute atomic E-state index is 0.184. The average molecular weight is 298 g/mol. The van der Waals surface area contributed by atoms with E-state index in [2.05, 4.69) is 20.9 Å². The fourth-order valence-corrected chi connectivity index (χ4v) is 1.99. The van der Waals surface area contributed by atoms with Crippen molar-refractivity contribution in [2.24, 2.45) is 5.73 Å². The molecular formula is C11H12BrN3O2. The molecule has 0 atom stereocenters. The summed E-state index contributed by atoms with van der Waals surface area (Å²) in [4.78, 5) is 28.9. The highest BCUT2D eigenvalue weighted by Crippen LogP contribution is 2.26. The molecule has 2 rings (SSSR count). The molecule has 5 nitrogen and oxygen atoms in total. The molecule has 0 spiro atoms. The van der Waals surface area contributed by atoms with Crippen LogP contribution in [0.25, 0.3) is 0 Å². The Balaban J connectivity index is 2.30. The van der Waals surface area contributed by atoms with E-state index in [1.165, 1.54) is 12.1 Å². The number of rotatable bonds is 3. The van der Waals surface area contributed by atoms with Crippen molar-refractivity contribution in [1.82, 2.24) is 9.88 Å². The number of primary amides is 1. The summed E-state index contributed by atoms with van der Waals surface area (Å²) in [6, 6.07) is 3.23. The maximum absolute atomic E-state index is 12.0. The van der Waals surface area contributed by atoms with Gasteiger partial charge in [0.05, 0.1) is 0 Å². The van der Waals surface area contributed by atoms with Crippen LogP contribution in [-0.4, -0.2) is 34.8 Å². The highest BCUT2D eigenvalue weighted by molar-refractivity contribution is 9.10. The SMILES string of the molecule is CN(C(=O)c1cc(C(N)=O)cc(Br)n1)C1CC1. The highest BCUT2D eigenvalue weighted by Gasteiger charge is 2.30. The van der Waals surface area contributed by atoms with Crippen LogP contribution in [0, 0.1) is 0 Å². The van der Waals surface area contributed by atoms with Gasteiger partial charge in [-0.2, -0.15) is 0 Å². The van der Waals surface area contributed by atoms with Gasteiger partial charge in [0.25, 0.3) is 5.91 Å². The summed E-state index contributed by atoms with van der Waals surface area (Å²) in [6.07, 6.45) is 2.05. The highest BCUT2D eigenvalue weighted by atomic mass is 79.9. The number of nitrogens with two attached hydrogens (primary N) is 1. The van der Waals surface area contributed by atoms with Gasteiger partial charge >= 0.3 is 0 Å². The number of pyridine rings is 1. The number of aromatic nitrogens is 1. The van der Waals surface area contributed by atoms with Gasteiger partial charge in [0.2, 0.25) is 5.91 Å². The van der Waals surface area contributed by atoms with Crippen molar-refractivity contribution in [2.45, 2.75) is 18.9 Å². The van der Waals surface area contributed by atoms with Gasteiger partial charge in [-0.3, -0.25) is 9.59 Å². The van der Waals surface area contributed by atoms with Crippen LogP contribution in [-0.2, 0) is 0 Å². The van der Waals surface area contributed by atoms with Crippen LogP contribution in [0.15, 0.2) is 16.7 Å². The van der Waals surface area contributed by atoms with E-state index in [1.807, 2.05) is 0 Å². The molecule has 2 amide bonds. The number of amides is 2. The van der Waals surface area contributed by atoms with E-state index >= 15 is 0 Å². The molecule has 2 N–H and O–H groups in total. The van der Waals surface area contributed by atoms with Gasteiger partial charge in [0.1, 0.15) is 10.3 Å². The maximum Gasteiger partial charge on any atom is 0.272 e. The first-order chi connectivity index (χ1) is 7.99. The Morgan fingerprint density at radius 1 is 1.47 bits per heavy atom. The van der Waals surface area contributed by atoms with Crippen molar-refractivity contribution < 1.29 is 9.59 Å². The lowest BCUT2D eigenvalue weighted by Gasteiger charge is -2.15.